The number of ketones is 1. The SMILES string of the molecule is CCc1ccc(/C(O)=C2/C(=O)C(=O)N(c3ccccc3O)C2c2cccc(C)c2)cc1. The first kappa shape index (κ1) is 20.4. The van der Waals surface area contributed by atoms with E-state index in [0.717, 1.165) is 17.5 Å². The summed E-state index contributed by atoms with van der Waals surface area (Å²) in [6.45, 7) is 3.95. The molecule has 3 aromatic carbocycles. The molecule has 1 heterocycles. The van der Waals surface area contributed by atoms with Crippen molar-refractivity contribution in [1.29, 1.82) is 0 Å². The quantitative estimate of drug-likeness (QED) is 0.363. The van der Waals surface area contributed by atoms with E-state index in [0.29, 0.717) is 11.1 Å². The van der Waals surface area contributed by atoms with Crippen molar-refractivity contribution in [3.8, 4) is 5.75 Å². The van der Waals surface area contributed by atoms with E-state index in [1.165, 1.54) is 11.0 Å². The van der Waals surface area contributed by atoms with Crippen LogP contribution in [-0.2, 0) is 16.0 Å². The predicted octanol–water partition coefficient (Wildman–Crippen LogP) is 4.89. The third kappa shape index (κ3) is 3.59. The van der Waals surface area contributed by atoms with Crippen LogP contribution in [0.5, 0.6) is 5.75 Å². The van der Waals surface area contributed by atoms with Gasteiger partial charge in [-0.1, -0.05) is 73.2 Å². The van der Waals surface area contributed by atoms with Crippen LogP contribution >= 0.6 is 0 Å². The highest BCUT2D eigenvalue weighted by atomic mass is 16.3. The van der Waals surface area contributed by atoms with Crippen molar-refractivity contribution in [2.45, 2.75) is 26.3 Å². The van der Waals surface area contributed by atoms with E-state index in [9.17, 15) is 19.8 Å². The highest BCUT2D eigenvalue weighted by Gasteiger charge is 2.47. The standard InChI is InChI=1S/C26H23NO4/c1-3-17-11-13-18(14-12-17)24(29)22-23(19-8-6-7-16(2)15-19)27(26(31)25(22)30)20-9-4-5-10-21(20)28/h4-15,23,28-29H,3H2,1-2H3/b24-22-. The van der Waals surface area contributed by atoms with Gasteiger partial charge in [0, 0.05) is 5.56 Å². The average Bonchev–Trinajstić information content (AvgIpc) is 3.04. The summed E-state index contributed by atoms with van der Waals surface area (Å²) in [4.78, 5) is 27.5. The Morgan fingerprint density at radius 1 is 0.968 bits per heavy atom. The summed E-state index contributed by atoms with van der Waals surface area (Å²) >= 11 is 0. The molecule has 1 unspecified atom stereocenters. The number of benzene rings is 3. The Labute approximate surface area is 180 Å². The number of aliphatic hydroxyl groups excluding tert-OH is 1. The second-order valence-corrected chi connectivity index (χ2v) is 7.62. The smallest absolute Gasteiger partial charge is 0.300 e. The predicted molar refractivity (Wildman–Crippen MR) is 120 cm³/mol. The van der Waals surface area contributed by atoms with Crippen molar-refractivity contribution in [2.75, 3.05) is 4.90 Å². The zero-order valence-corrected chi connectivity index (χ0v) is 17.4. The van der Waals surface area contributed by atoms with Crippen LogP contribution in [0.2, 0.25) is 0 Å². The Bertz CT molecular complexity index is 1190. The lowest BCUT2D eigenvalue weighted by atomic mass is 9.94. The fraction of sp³-hybridized carbons (Fsp3) is 0.154. The van der Waals surface area contributed by atoms with Gasteiger partial charge in [-0.05, 0) is 36.6 Å². The summed E-state index contributed by atoms with van der Waals surface area (Å²) in [6.07, 6.45) is 0.849. The molecular formula is C26H23NO4. The second-order valence-electron chi connectivity index (χ2n) is 7.62. The third-order valence-corrected chi connectivity index (χ3v) is 5.58. The summed E-state index contributed by atoms with van der Waals surface area (Å²) in [5.41, 5.74) is 3.41. The molecule has 0 aromatic heterocycles. The fourth-order valence-corrected chi connectivity index (χ4v) is 3.96. The van der Waals surface area contributed by atoms with Gasteiger partial charge in [0.05, 0.1) is 17.3 Å². The number of anilines is 1. The molecule has 4 rings (SSSR count). The van der Waals surface area contributed by atoms with Gasteiger partial charge in [0.25, 0.3) is 11.7 Å². The summed E-state index contributed by atoms with van der Waals surface area (Å²) in [5.74, 6) is -1.92. The van der Waals surface area contributed by atoms with Crippen molar-refractivity contribution in [2.24, 2.45) is 0 Å². The molecular weight excluding hydrogens is 390 g/mol. The molecule has 0 spiro atoms. The number of para-hydroxylation sites is 2. The molecule has 5 heteroatoms. The van der Waals surface area contributed by atoms with E-state index in [2.05, 4.69) is 0 Å². The first-order chi connectivity index (χ1) is 14.9. The number of hydrogen-bond acceptors (Lipinski definition) is 4. The van der Waals surface area contributed by atoms with Crippen LogP contribution in [-0.4, -0.2) is 21.9 Å². The molecule has 156 valence electrons. The van der Waals surface area contributed by atoms with Crippen LogP contribution in [0.25, 0.3) is 5.76 Å². The molecule has 1 saturated heterocycles. The van der Waals surface area contributed by atoms with Crippen LogP contribution in [0.1, 0.15) is 35.2 Å². The molecule has 31 heavy (non-hydrogen) atoms. The summed E-state index contributed by atoms with van der Waals surface area (Å²) in [6, 6.07) is 20.2. The number of nitrogens with zero attached hydrogens (tertiary/aromatic N) is 1. The Hall–Kier alpha value is -3.86. The highest BCUT2D eigenvalue weighted by molar-refractivity contribution is 6.51. The van der Waals surface area contributed by atoms with Gasteiger partial charge in [0.15, 0.2) is 0 Å². The maximum atomic E-state index is 13.1. The maximum Gasteiger partial charge on any atom is 0.300 e. The molecule has 0 saturated carbocycles. The Morgan fingerprint density at radius 2 is 1.68 bits per heavy atom. The van der Waals surface area contributed by atoms with Crippen LogP contribution in [0.3, 0.4) is 0 Å². The number of phenolic OH excluding ortho intramolecular Hbond substituents is 1. The van der Waals surface area contributed by atoms with E-state index in [1.807, 2.05) is 50.2 Å². The topological polar surface area (TPSA) is 77.8 Å². The van der Waals surface area contributed by atoms with E-state index in [1.54, 1.807) is 30.3 Å². The number of phenols is 1. The Morgan fingerprint density at radius 3 is 2.32 bits per heavy atom. The molecule has 2 N–H and O–H groups in total. The van der Waals surface area contributed by atoms with Gasteiger partial charge in [0.1, 0.15) is 11.5 Å². The summed E-state index contributed by atoms with van der Waals surface area (Å²) in [5, 5.41) is 21.5. The zero-order chi connectivity index (χ0) is 22.1. The number of aliphatic hydroxyl groups is 1. The maximum absolute atomic E-state index is 13.1. The molecule has 0 bridgehead atoms. The molecule has 0 aliphatic carbocycles. The van der Waals surface area contributed by atoms with E-state index < -0.39 is 17.7 Å². The molecule has 3 aromatic rings. The summed E-state index contributed by atoms with van der Waals surface area (Å²) in [7, 11) is 0. The van der Waals surface area contributed by atoms with Crippen molar-refractivity contribution >= 4 is 23.1 Å². The summed E-state index contributed by atoms with van der Waals surface area (Å²) < 4.78 is 0. The van der Waals surface area contributed by atoms with Crippen LogP contribution < -0.4 is 4.90 Å². The number of carbonyl (C=O) groups is 2. The fourth-order valence-electron chi connectivity index (χ4n) is 3.96. The van der Waals surface area contributed by atoms with Crippen molar-refractivity contribution in [3.05, 3.63) is 101 Å². The minimum Gasteiger partial charge on any atom is -0.507 e. The number of rotatable bonds is 4. The lowest BCUT2D eigenvalue weighted by molar-refractivity contribution is -0.132. The van der Waals surface area contributed by atoms with Gasteiger partial charge in [-0.25, -0.2) is 0 Å². The largest absolute Gasteiger partial charge is 0.507 e. The van der Waals surface area contributed by atoms with Crippen LogP contribution in [0.4, 0.5) is 5.69 Å². The van der Waals surface area contributed by atoms with Crippen LogP contribution in [0.15, 0.2) is 78.4 Å². The van der Waals surface area contributed by atoms with Gasteiger partial charge in [-0.15, -0.1) is 0 Å². The number of amides is 1. The molecule has 1 atom stereocenters. The number of hydrogen-bond donors (Lipinski definition) is 2. The monoisotopic (exact) mass is 413 g/mol. The van der Waals surface area contributed by atoms with Crippen LogP contribution in [0, 0.1) is 6.92 Å². The number of aryl methyl sites for hydroxylation is 2. The van der Waals surface area contributed by atoms with Crippen molar-refractivity contribution in [1.82, 2.24) is 0 Å². The minimum atomic E-state index is -0.862. The van der Waals surface area contributed by atoms with E-state index in [-0.39, 0.29) is 22.8 Å². The highest BCUT2D eigenvalue weighted by Crippen LogP contribution is 2.44. The molecule has 1 fully saturated rings. The Balaban J connectivity index is 1.95. The number of aromatic hydroxyl groups is 1. The van der Waals surface area contributed by atoms with Crippen molar-refractivity contribution in [3.63, 3.8) is 0 Å². The van der Waals surface area contributed by atoms with E-state index in [4.69, 9.17) is 0 Å². The van der Waals surface area contributed by atoms with Gasteiger partial charge in [-0.3, -0.25) is 14.5 Å². The molecule has 0 radical (unpaired) electrons. The lowest BCUT2D eigenvalue weighted by Gasteiger charge is -2.26. The minimum absolute atomic E-state index is 0.00287. The van der Waals surface area contributed by atoms with Gasteiger partial charge < -0.3 is 10.2 Å². The molecule has 1 aliphatic heterocycles. The normalized spacial score (nSPS) is 17.9. The number of carbonyl (C=O) groups excluding carboxylic acids is 2. The Kier molecular flexibility index (Phi) is 5.34. The van der Waals surface area contributed by atoms with Gasteiger partial charge >= 0.3 is 0 Å². The van der Waals surface area contributed by atoms with Gasteiger partial charge in [-0.2, -0.15) is 0 Å². The average molecular weight is 413 g/mol. The zero-order valence-electron chi connectivity index (χ0n) is 17.4. The van der Waals surface area contributed by atoms with Crippen molar-refractivity contribution < 1.29 is 19.8 Å². The number of Topliss-reactive ketones (excluding diaryl/α,β-unsaturated/α-hetero) is 1. The molecule has 1 amide bonds. The first-order valence-corrected chi connectivity index (χ1v) is 10.2. The molecule has 1 aliphatic rings. The third-order valence-electron chi connectivity index (χ3n) is 5.58. The second kappa shape index (κ2) is 8.11. The van der Waals surface area contributed by atoms with Gasteiger partial charge in [0.2, 0.25) is 0 Å². The lowest BCUT2D eigenvalue weighted by Crippen LogP contribution is -2.29. The van der Waals surface area contributed by atoms with E-state index >= 15 is 0 Å². The first-order valence-electron chi connectivity index (χ1n) is 10.2. The molecule has 5 nitrogen and oxygen atoms in total.